The van der Waals surface area contributed by atoms with E-state index in [1.54, 1.807) is 14.2 Å². The van der Waals surface area contributed by atoms with Crippen molar-refractivity contribution in [3.63, 3.8) is 0 Å². The number of carbonyl (C=O) groups is 1. The topological polar surface area (TPSA) is 62.8 Å². The molecular weight excluding hydrogens is 282 g/mol. The number of nitrogens with one attached hydrogen (secondary N) is 2. The zero-order valence-electron chi connectivity index (χ0n) is 13.9. The zero-order valence-corrected chi connectivity index (χ0v) is 13.9. The number of rotatable bonds is 10. The maximum Gasteiger partial charge on any atom is 0.233 e. The Balaban J connectivity index is 2.27. The van der Waals surface area contributed by atoms with Gasteiger partial charge in [-0.1, -0.05) is 6.07 Å². The molecule has 1 amide bonds. The summed E-state index contributed by atoms with van der Waals surface area (Å²) in [6, 6.07) is 5.78. The molecule has 0 aliphatic heterocycles. The molecule has 6 nitrogen and oxygen atoms in total. The largest absolute Gasteiger partial charge is 0.493 e. The van der Waals surface area contributed by atoms with Gasteiger partial charge in [-0.15, -0.1) is 0 Å². The first kappa shape index (κ1) is 18.3. The van der Waals surface area contributed by atoms with Gasteiger partial charge in [-0.2, -0.15) is 0 Å². The molecule has 0 saturated carbocycles. The van der Waals surface area contributed by atoms with Crippen molar-refractivity contribution in [1.82, 2.24) is 15.5 Å². The molecule has 0 saturated heterocycles. The maximum atomic E-state index is 11.7. The number of benzene rings is 1. The quantitative estimate of drug-likeness (QED) is 0.617. The fourth-order valence-corrected chi connectivity index (χ4v) is 1.95. The lowest BCUT2D eigenvalue weighted by atomic mass is 10.1. The van der Waals surface area contributed by atoms with Crippen LogP contribution in [0.4, 0.5) is 0 Å². The molecule has 0 fully saturated rings. The van der Waals surface area contributed by atoms with E-state index in [4.69, 9.17) is 9.47 Å². The van der Waals surface area contributed by atoms with Crippen LogP contribution in [0.15, 0.2) is 18.2 Å². The van der Waals surface area contributed by atoms with Crippen molar-refractivity contribution >= 4 is 5.91 Å². The van der Waals surface area contributed by atoms with Gasteiger partial charge in [0.15, 0.2) is 11.5 Å². The summed E-state index contributed by atoms with van der Waals surface area (Å²) in [7, 11) is 7.24. The van der Waals surface area contributed by atoms with Gasteiger partial charge in [-0.3, -0.25) is 4.79 Å². The lowest BCUT2D eigenvalue weighted by Gasteiger charge is -2.11. The molecule has 0 aromatic heterocycles. The highest BCUT2D eigenvalue weighted by Crippen LogP contribution is 2.27. The fourth-order valence-electron chi connectivity index (χ4n) is 1.95. The van der Waals surface area contributed by atoms with E-state index in [0.717, 1.165) is 25.1 Å². The third kappa shape index (κ3) is 6.78. The summed E-state index contributed by atoms with van der Waals surface area (Å²) in [5.74, 6) is 1.43. The van der Waals surface area contributed by atoms with E-state index in [2.05, 4.69) is 15.5 Å². The average molecular weight is 309 g/mol. The standard InChI is InChI=1S/C16H27N3O3/c1-19(2)10-9-17-12-16(20)18-8-7-13-5-6-14(21-3)15(11-13)22-4/h5-6,11,17H,7-10,12H2,1-4H3,(H,18,20). The molecule has 0 atom stereocenters. The molecule has 0 aliphatic rings. The maximum absolute atomic E-state index is 11.7. The Morgan fingerprint density at radius 2 is 1.86 bits per heavy atom. The van der Waals surface area contributed by atoms with Crippen LogP contribution in [-0.2, 0) is 11.2 Å². The number of hydrogen-bond acceptors (Lipinski definition) is 5. The van der Waals surface area contributed by atoms with E-state index in [1.807, 2.05) is 32.3 Å². The lowest BCUT2D eigenvalue weighted by molar-refractivity contribution is -0.120. The lowest BCUT2D eigenvalue weighted by Crippen LogP contribution is -2.37. The first-order valence-electron chi connectivity index (χ1n) is 7.40. The number of carbonyl (C=O) groups excluding carboxylic acids is 1. The van der Waals surface area contributed by atoms with Crippen LogP contribution in [-0.4, -0.2) is 65.3 Å². The molecule has 1 aromatic carbocycles. The molecule has 1 rings (SSSR count). The molecule has 1 aromatic rings. The van der Waals surface area contributed by atoms with Crippen molar-refractivity contribution in [3.8, 4) is 11.5 Å². The van der Waals surface area contributed by atoms with Crippen molar-refractivity contribution in [2.75, 3.05) is 54.5 Å². The van der Waals surface area contributed by atoms with Crippen LogP contribution in [0, 0.1) is 0 Å². The fraction of sp³-hybridized carbons (Fsp3) is 0.562. The number of likely N-dealkylation sites (N-methyl/N-ethyl adjacent to an activating group) is 1. The number of nitrogens with zero attached hydrogens (tertiary/aromatic N) is 1. The van der Waals surface area contributed by atoms with E-state index in [-0.39, 0.29) is 5.91 Å². The van der Waals surface area contributed by atoms with E-state index in [9.17, 15) is 4.79 Å². The predicted molar refractivity (Wildman–Crippen MR) is 87.7 cm³/mol. The van der Waals surface area contributed by atoms with E-state index in [0.29, 0.717) is 24.6 Å². The summed E-state index contributed by atoms with van der Waals surface area (Å²) >= 11 is 0. The van der Waals surface area contributed by atoms with Crippen LogP contribution in [0.2, 0.25) is 0 Å². The van der Waals surface area contributed by atoms with Gasteiger partial charge in [0.25, 0.3) is 0 Å². The summed E-state index contributed by atoms with van der Waals surface area (Å²) in [6.45, 7) is 2.67. The SMILES string of the molecule is COc1ccc(CCNC(=O)CNCCN(C)C)cc1OC. The molecule has 0 bridgehead atoms. The summed E-state index contributed by atoms with van der Waals surface area (Å²) in [4.78, 5) is 13.7. The monoisotopic (exact) mass is 309 g/mol. The van der Waals surface area contributed by atoms with E-state index >= 15 is 0 Å². The first-order chi connectivity index (χ1) is 10.6. The van der Waals surface area contributed by atoms with Crippen molar-refractivity contribution in [2.24, 2.45) is 0 Å². The Labute approximate surface area is 132 Å². The number of methoxy groups -OCH3 is 2. The number of amides is 1. The molecule has 0 heterocycles. The van der Waals surface area contributed by atoms with Gasteiger partial charge < -0.3 is 25.0 Å². The second-order valence-corrected chi connectivity index (χ2v) is 5.27. The Morgan fingerprint density at radius 1 is 1.14 bits per heavy atom. The second kappa shape index (κ2) is 10.0. The molecule has 0 aliphatic carbocycles. The molecule has 0 unspecified atom stereocenters. The number of ether oxygens (including phenoxy) is 2. The Hall–Kier alpha value is -1.79. The van der Waals surface area contributed by atoms with Gasteiger partial charge in [0, 0.05) is 19.6 Å². The highest BCUT2D eigenvalue weighted by molar-refractivity contribution is 5.77. The van der Waals surface area contributed by atoms with Gasteiger partial charge in [0.1, 0.15) is 0 Å². The van der Waals surface area contributed by atoms with Crippen LogP contribution in [0.5, 0.6) is 11.5 Å². The highest BCUT2D eigenvalue weighted by Gasteiger charge is 2.05. The van der Waals surface area contributed by atoms with Gasteiger partial charge in [-0.25, -0.2) is 0 Å². The number of hydrogen-bond donors (Lipinski definition) is 2. The molecule has 0 spiro atoms. The molecule has 22 heavy (non-hydrogen) atoms. The smallest absolute Gasteiger partial charge is 0.233 e. The van der Waals surface area contributed by atoms with Crippen molar-refractivity contribution in [1.29, 1.82) is 0 Å². The summed E-state index contributed by atoms with van der Waals surface area (Å²) in [5, 5.41) is 6.01. The van der Waals surface area contributed by atoms with Gasteiger partial charge >= 0.3 is 0 Å². The van der Waals surface area contributed by atoms with Crippen molar-refractivity contribution < 1.29 is 14.3 Å². The van der Waals surface area contributed by atoms with E-state index in [1.165, 1.54) is 0 Å². The third-order valence-electron chi connectivity index (χ3n) is 3.21. The minimum atomic E-state index is 0.0132. The average Bonchev–Trinajstić information content (AvgIpc) is 2.51. The van der Waals surface area contributed by atoms with E-state index < -0.39 is 0 Å². The Morgan fingerprint density at radius 3 is 2.50 bits per heavy atom. The predicted octanol–water partition coefficient (Wildman–Crippen LogP) is 0.514. The minimum absolute atomic E-state index is 0.0132. The van der Waals surface area contributed by atoms with Crippen LogP contribution in [0.3, 0.4) is 0 Å². The van der Waals surface area contributed by atoms with Gasteiger partial charge in [0.05, 0.1) is 20.8 Å². The molecule has 124 valence electrons. The van der Waals surface area contributed by atoms with Crippen LogP contribution in [0.25, 0.3) is 0 Å². The summed E-state index contributed by atoms with van der Waals surface area (Å²) < 4.78 is 10.5. The molecule has 6 heteroatoms. The van der Waals surface area contributed by atoms with Crippen LogP contribution in [0.1, 0.15) is 5.56 Å². The van der Waals surface area contributed by atoms with Crippen LogP contribution >= 0.6 is 0 Å². The molecule has 2 N–H and O–H groups in total. The summed E-state index contributed by atoms with van der Waals surface area (Å²) in [6.07, 6.45) is 0.754. The van der Waals surface area contributed by atoms with Crippen molar-refractivity contribution in [2.45, 2.75) is 6.42 Å². The zero-order chi connectivity index (χ0) is 16.4. The highest BCUT2D eigenvalue weighted by atomic mass is 16.5. The second-order valence-electron chi connectivity index (χ2n) is 5.27. The van der Waals surface area contributed by atoms with Gasteiger partial charge in [0.2, 0.25) is 5.91 Å². The Kier molecular flexibility index (Phi) is 8.32. The van der Waals surface area contributed by atoms with Crippen molar-refractivity contribution in [3.05, 3.63) is 23.8 Å². The minimum Gasteiger partial charge on any atom is -0.493 e. The normalized spacial score (nSPS) is 10.6. The third-order valence-corrected chi connectivity index (χ3v) is 3.21. The summed E-state index contributed by atoms with van der Waals surface area (Å²) in [5.41, 5.74) is 1.10. The first-order valence-corrected chi connectivity index (χ1v) is 7.40. The Bertz CT molecular complexity index is 464. The van der Waals surface area contributed by atoms with Gasteiger partial charge in [-0.05, 0) is 38.2 Å². The molecule has 0 radical (unpaired) electrons. The van der Waals surface area contributed by atoms with Crippen LogP contribution < -0.4 is 20.1 Å². The molecular formula is C16H27N3O3.